The van der Waals surface area contributed by atoms with Crippen molar-refractivity contribution in [2.24, 2.45) is 34.5 Å². The first-order valence-electron chi connectivity index (χ1n) is 8.73. The summed E-state index contributed by atoms with van der Waals surface area (Å²) in [6.45, 7) is 4.74. The molecule has 4 rings (SSSR count). The van der Waals surface area contributed by atoms with E-state index in [0.29, 0.717) is 17.6 Å². The summed E-state index contributed by atoms with van der Waals surface area (Å²) in [6, 6.07) is 0. The SMILES string of the molecule is C[C@]12C=CC(O)=C[C@H]1CC[C@@H]1[C@@H]2CC[C@]2(C)[C@H](O)CC[C@@H]12. The maximum atomic E-state index is 10.4. The molecule has 0 aromatic rings. The first-order chi connectivity index (χ1) is 9.95. The van der Waals surface area contributed by atoms with Gasteiger partial charge in [0.05, 0.1) is 6.10 Å². The van der Waals surface area contributed by atoms with Gasteiger partial charge in [-0.05, 0) is 85.2 Å². The molecule has 4 aliphatic carbocycles. The molecule has 116 valence electrons. The summed E-state index contributed by atoms with van der Waals surface area (Å²) in [6.07, 6.45) is 13.3. The molecule has 7 atom stereocenters. The molecule has 0 amide bonds. The first kappa shape index (κ1) is 13.9. The van der Waals surface area contributed by atoms with E-state index < -0.39 is 0 Å². The fraction of sp³-hybridized carbons (Fsp3) is 0.789. The minimum absolute atomic E-state index is 0.0835. The predicted octanol–water partition coefficient (Wildman–Crippen LogP) is 4.22. The molecule has 0 saturated heterocycles. The van der Waals surface area contributed by atoms with Crippen LogP contribution in [0.1, 0.15) is 52.4 Å². The zero-order valence-electron chi connectivity index (χ0n) is 13.3. The highest BCUT2D eigenvalue weighted by Crippen LogP contribution is 2.64. The van der Waals surface area contributed by atoms with Crippen molar-refractivity contribution < 1.29 is 10.2 Å². The molecule has 0 heterocycles. The lowest BCUT2D eigenvalue weighted by Crippen LogP contribution is -2.52. The lowest BCUT2D eigenvalue weighted by Gasteiger charge is -2.58. The number of aliphatic hydroxyl groups excluding tert-OH is 2. The molecule has 0 unspecified atom stereocenters. The summed E-state index contributed by atoms with van der Waals surface area (Å²) in [5.74, 6) is 3.14. The minimum Gasteiger partial charge on any atom is -0.508 e. The van der Waals surface area contributed by atoms with Gasteiger partial charge < -0.3 is 10.2 Å². The van der Waals surface area contributed by atoms with Gasteiger partial charge in [-0.25, -0.2) is 0 Å². The van der Waals surface area contributed by atoms with Gasteiger partial charge in [0.25, 0.3) is 0 Å². The molecular formula is C19H28O2. The summed E-state index contributed by atoms with van der Waals surface area (Å²) in [5, 5.41) is 20.3. The molecular weight excluding hydrogens is 260 g/mol. The van der Waals surface area contributed by atoms with Gasteiger partial charge in [0, 0.05) is 0 Å². The molecule has 3 saturated carbocycles. The molecule has 2 heteroatoms. The average molecular weight is 288 g/mol. The van der Waals surface area contributed by atoms with Gasteiger partial charge in [-0.1, -0.05) is 19.9 Å². The molecule has 21 heavy (non-hydrogen) atoms. The molecule has 3 fully saturated rings. The van der Waals surface area contributed by atoms with Gasteiger partial charge in [0.1, 0.15) is 5.76 Å². The van der Waals surface area contributed by atoms with Crippen LogP contribution >= 0.6 is 0 Å². The van der Waals surface area contributed by atoms with Gasteiger partial charge in [-0.15, -0.1) is 0 Å². The van der Waals surface area contributed by atoms with E-state index in [1.165, 1.54) is 32.1 Å². The van der Waals surface area contributed by atoms with Crippen molar-refractivity contribution in [3.05, 3.63) is 24.0 Å². The molecule has 0 aromatic carbocycles. The molecule has 0 spiro atoms. The van der Waals surface area contributed by atoms with Crippen LogP contribution in [0.15, 0.2) is 24.0 Å². The summed E-state index contributed by atoms with van der Waals surface area (Å²) < 4.78 is 0. The van der Waals surface area contributed by atoms with Crippen molar-refractivity contribution in [3.8, 4) is 0 Å². The average Bonchev–Trinajstić information content (AvgIpc) is 2.76. The third kappa shape index (κ3) is 1.75. The lowest BCUT2D eigenvalue weighted by atomic mass is 9.47. The predicted molar refractivity (Wildman–Crippen MR) is 83.7 cm³/mol. The van der Waals surface area contributed by atoms with Gasteiger partial charge >= 0.3 is 0 Å². The molecule has 0 radical (unpaired) electrons. The van der Waals surface area contributed by atoms with E-state index in [4.69, 9.17) is 0 Å². The van der Waals surface area contributed by atoms with Crippen LogP contribution < -0.4 is 0 Å². The van der Waals surface area contributed by atoms with E-state index in [2.05, 4.69) is 26.0 Å². The van der Waals surface area contributed by atoms with Crippen molar-refractivity contribution in [3.63, 3.8) is 0 Å². The van der Waals surface area contributed by atoms with Gasteiger partial charge in [-0.3, -0.25) is 0 Å². The zero-order valence-corrected chi connectivity index (χ0v) is 13.3. The Morgan fingerprint density at radius 2 is 1.86 bits per heavy atom. The van der Waals surface area contributed by atoms with Crippen LogP contribution in [0.4, 0.5) is 0 Å². The monoisotopic (exact) mass is 288 g/mol. The highest BCUT2D eigenvalue weighted by molar-refractivity contribution is 5.27. The number of rotatable bonds is 0. The Labute approximate surface area is 127 Å². The number of fused-ring (bicyclic) bond motifs is 5. The quantitative estimate of drug-likeness (QED) is 0.700. The molecule has 0 aliphatic heterocycles. The number of hydrogen-bond acceptors (Lipinski definition) is 2. The maximum Gasteiger partial charge on any atom is 0.111 e. The largest absolute Gasteiger partial charge is 0.508 e. The Morgan fingerprint density at radius 1 is 1.05 bits per heavy atom. The summed E-state index contributed by atoms with van der Waals surface area (Å²) in [4.78, 5) is 0. The van der Waals surface area contributed by atoms with Crippen molar-refractivity contribution in [2.75, 3.05) is 0 Å². The number of hydrogen-bond donors (Lipinski definition) is 2. The van der Waals surface area contributed by atoms with E-state index >= 15 is 0 Å². The van der Waals surface area contributed by atoms with E-state index in [-0.39, 0.29) is 16.9 Å². The fourth-order valence-corrected chi connectivity index (χ4v) is 6.43. The summed E-state index contributed by atoms with van der Waals surface area (Å²) >= 11 is 0. The fourth-order valence-electron chi connectivity index (χ4n) is 6.43. The van der Waals surface area contributed by atoms with E-state index in [9.17, 15) is 10.2 Å². The second kappa shape index (κ2) is 4.38. The van der Waals surface area contributed by atoms with E-state index in [0.717, 1.165) is 18.3 Å². The van der Waals surface area contributed by atoms with Crippen molar-refractivity contribution >= 4 is 0 Å². The molecule has 0 aromatic heterocycles. The summed E-state index contributed by atoms with van der Waals surface area (Å²) in [7, 11) is 0. The van der Waals surface area contributed by atoms with Gasteiger partial charge in [0.2, 0.25) is 0 Å². The highest BCUT2D eigenvalue weighted by Gasteiger charge is 2.58. The van der Waals surface area contributed by atoms with E-state index in [1.807, 2.05) is 6.08 Å². The van der Waals surface area contributed by atoms with Crippen molar-refractivity contribution in [1.29, 1.82) is 0 Å². The van der Waals surface area contributed by atoms with Crippen LogP contribution in [0.3, 0.4) is 0 Å². The number of aliphatic hydroxyl groups is 2. The first-order valence-corrected chi connectivity index (χ1v) is 8.73. The van der Waals surface area contributed by atoms with Crippen LogP contribution in [0.5, 0.6) is 0 Å². The minimum atomic E-state index is -0.0835. The van der Waals surface area contributed by atoms with Crippen LogP contribution in [0.25, 0.3) is 0 Å². The Balaban J connectivity index is 1.68. The molecule has 0 bridgehead atoms. The topological polar surface area (TPSA) is 40.5 Å². The van der Waals surface area contributed by atoms with Crippen LogP contribution in [0, 0.1) is 34.5 Å². The maximum absolute atomic E-state index is 10.4. The molecule has 4 aliphatic rings. The lowest BCUT2D eigenvalue weighted by molar-refractivity contribution is -0.0857. The Kier molecular flexibility index (Phi) is 2.89. The van der Waals surface area contributed by atoms with Crippen LogP contribution in [-0.4, -0.2) is 16.3 Å². The normalized spacial score (nSPS) is 55.4. The van der Waals surface area contributed by atoms with Crippen LogP contribution in [0.2, 0.25) is 0 Å². The Bertz CT molecular complexity index is 508. The third-order valence-electron chi connectivity index (χ3n) is 7.78. The second-order valence-corrected chi connectivity index (χ2v) is 8.49. The van der Waals surface area contributed by atoms with Crippen molar-refractivity contribution in [2.45, 2.75) is 58.5 Å². The highest BCUT2D eigenvalue weighted by atomic mass is 16.3. The molecule has 2 nitrogen and oxygen atoms in total. The molecule has 2 N–H and O–H groups in total. The van der Waals surface area contributed by atoms with Crippen molar-refractivity contribution in [1.82, 2.24) is 0 Å². The summed E-state index contributed by atoms with van der Waals surface area (Å²) in [5.41, 5.74) is 0.380. The number of allylic oxidation sites excluding steroid dienone is 3. The Hall–Kier alpha value is -0.760. The van der Waals surface area contributed by atoms with E-state index in [1.54, 1.807) is 0 Å². The van der Waals surface area contributed by atoms with Crippen LogP contribution in [-0.2, 0) is 0 Å². The van der Waals surface area contributed by atoms with Gasteiger partial charge in [0.15, 0.2) is 0 Å². The zero-order chi connectivity index (χ0) is 14.8. The standard InChI is InChI=1S/C19H28O2/c1-18-9-7-13(20)11-12(18)3-4-14-15-5-6-17(21)19(15,2)10-8-16(14)18/h7,9,11-12,14-17,20-21H,3-6,8,10H2,1-2H3/t12-,14+,15+,16+,17-,18+,19+/m1/s1. The smallest absolute Gasteiger partial charge is 0.111 e. The third-order valence-corrected chi connectivity index (χ3v) is 7.78. The van der Waals surface area contributed by atoms with Gasteiger partial charge in [-0.2, -0.15) is 0 Å². The Morgan fingerprint density at radius 3 is 2.67 bits per heavy atom. The second-order valence-electron chi connectivity index (χ2n) is 8.49.